The van der Waals surface area contributed by atoms with Gasteiger partial charge in [-0.1, -0.05) is 170 Å². The molecule has 0 N–H and O–H groups in total. The summed E-state index contributed by atoms with van der Waals surface area (Å²) in [6.07, 6.45) is 3.28. The quantitative estimate of drug-likeness (QED) is 0.0380. The number of unbranched alkanes of at least 4 members (excludes halogenated alkanes) is 2. The van der Waals surface area contributed by atoms with Gasteiger partial charge in [-0.3, -0.25) is 4.79 Å². The fraction of sp³-hybridized carbons (Fsp3) is 0.230. The van der Waals surface area contributed by atoms with Crippen LogP contribution in [-0.4, -0.2) is 30.9 Å². The molecule has 8 aromatic rings. The van der Waals surface area contributed by atoms with Crippen molar-refractivity contribution >= 4 is 39.3 Å². The smallest absolute Gasteiger partial charge is 0.339 e. The van der Waals surface area contributed by atoms with Crippen LogP contribution in [0.25, 0.3) is 21.5 Å². The summed E-state index contributed by atoms with van der Waals surface area (Å²) in [7, 11) is 0. The number of ketones is 1. The zero-order valence-corrected chi connectivity index (χ0v) is 38.9. The van der Waals surface area contributed by atoms with E-state index in [1.807, 2.05) is 172 Å². The lowest BCUT2D eigenvalue weighted by molar-refractivity contribution is 0.0253. The zero-order valence-electron chi connectivity index (χ0n) is 38.9. The van der Waals surface area contributed by atoms with Crippen molar-refractivity contribution in [3.8, 4) is 0 Å². The van der Waals surface area contributed by atoms with Gasteiger partial charge >= 0.3 is 11.9 Å². The molecule has 8 aromatic carbocycles. The van der Waals surface area contributed by atoms with Crippen molar-refractivity contribution in [3.63, 3.8) is 0 Å². The fourth-order valence-corrected chi connectivity index (χ4v) is 8.73. The Kier molecular flexibility index (Phi) is 16.4. The molecule has 0 spiro atoms. The second-order valence-corrected chi connectivity index (χ2v) is 17.3. The first-order valence-corrected chi connectivity index (χ1v) is 23.7. The molecule has 2 atom stereocenters. The number of hydrogen-bond donors (Lipinski definition) is 0. The van der Waals surface area contributed by atoms with E-state index in [2.05, 4.69) is 0 Å². The van der Waals surface area contributed by atoms with Crippen LogP contribution in [0.1, 0.15) is 121 Å². The lowest BCUT2D eigenvalue weighted by Crippen LogP contribution is -2.14. The van der Waals surface area contributed by atoms with E-state index in [1.54, 1.807) is 24.3 Å². The van der Waals surface area contributed by atoms with Gasteiger partial charge in [-0.25, -0.2) is 9.59 Å². The summed E-state index contributed by atoms with van der Waals surface area (Å²) in [5.41, 5.74) is 7.71. The molecule has 68 heavy (non-hydrogen) atoms. The Balaban J connectivity index is 0.944. The minimum absolute atomic E-state index is 0.144. The number of aryl methyl sites for hydroxylation is 2. The molecule has 0 saturated heterocycles. The maximum absolute atomic E-state index is 14.0. The lowest BCUT2D eigenvalue weighted by Gasteiger charge is -2.20. The zero-order chi connectivity index (χ0) is 47.1. The summed E-state index contributed by atoms with van der Waals surface area (Å²) in [5.74, 6) is -0.909. The van der Waals surface area contributed by atoms with Crippen molar-refractivity contribution in [2.24, 2.45) is 0 Å². The van der Waals surface area contributed by atoms with Gasteiger partial charge in [-0.05, 0) is 119 Å². The molecular formula is C61H58O7. The van der Waals surface area contributed by atoms with E-state index in [0.29, 0.717) is 61.5 Å². The summed E-state index contributed by atoms with van der Waals surface area (Å²) in [6.45, 7) is 6.17. The summed E-state index contributed by atoms with van der Waals surface area (Å²) in [6, 6.07) is 58.5. The third-order valence-electron chi connectivity index (χ3n) is 12.7. The van der Waals surface area contributed by atoms with Crippen molar-refractivity contribution in [2.45, 2.75) is 77.8 Å². The van der Waals surface area contributed by atoms with Gasteiger partial charge in [-0.15, -0.1) is 0 Å². The van der Waals surface area contributed by atoms with Gasteiger partial charge in [0.15, 0.2) is 5.78 Å². The van der Waals surface area contributed by atoms with E-state index < -0.39 is 12.2 Å². The van der Waals surface area contributed by atoms with Crippen LogP contribution in [0.2, 0.25) is 0 Å². The number of ether oxygens (including phenoxy) is 4. The molecule has 0 aromatic heterocycles. The van der Waals surface area contributed by atoms with Crippen molar-refractivity contribution in [1.29, 1.82) is 0 Å². The van der Waals surface area contributed by atoms with Gasteiger partial charge in [0.25, 0.3) is 0 Å². The predicted molar refractivity (Wildman–Crippen MR) is 270 cm³/mol. The number of rotatable bonds is 22. The molecule has 0 saturated carbocycles. The monoisotopic (exact) mass is 902 g/mol. The second kappa shape index (κ2) is 23.5. The largest absolute Gasteiger partial charge is 0.454 e. The number of carbonyl (C=O) groups is 3. The third kappa shape index (κ3) is 12.2. The first-order chi connectivity index (χ1) is 33.3. The Morgan fingerprint density at radius 3 is 1.21 bits per heavy atom. The molecule has 7 heteroatoms. The normalized spacial score (nSPS) is 12.1. The molecule has 0 radical (unpaired) electrons. The van der Waals surface area contributed by atoms with E-state index >= 15 is 0 Å². The first-order valence-electron chi connectivity index (χ1n) is 23.7. The van der Waals surface area contributed by atoms with E-state index in [0.717, 1.165) is 80.6 Å². The van der Waals surface area contributed by atoms with Crippen LogP contribution in [0, 0.1) is 13.8 Å². The Morgan fingerprint density at radius 1 is 0.412 bits per heavy atom. The van der Waals surface area contributed by atoms with Crippen LogP contribution in [0.4, 0.5) is 0 Å². The molecular weight excluding hydrogens is 845 g/mol. The SMILES string of the molecule is Cc1c(C(=O)OC(CCCCOCc2ccccc2)c2ccc(C(=O)c3ccc(C(CCCCOCc4ccccc4)OC(=O)c4ccc5ccccc5c4C)cc3)cc2)ccc2ccccc12. The molecule has 0 bridgehead atoms. The van der Waals surface area contributed by atoms with E-state index in [4.69, 9.17) is 18.9 Å². The predicted octanol–water partition coefficient (Wildman–Crippen LogP) is 14.4. The summed E-state index contributed by atoms with van der Waals surface area (Å²) >= 11 is 0. The highest BCUT2D eigenvalue weighted by molar-refractivity contribution is 6.09. The van der Waals surface area contributed by atoms with Crippen LogP contribution >= 0.6 is 0 Å². The van der Waals surface area contributed by atoms with Gasteiger partial charge in [-0.2, -0.15) is 0 Å². The molecule has 0 heterocycles. The fourth-order valence-electron chi connectivity index (χ4n) is 8.73. The Labute approximate surface area is 399 Å². The maximum atomic E-state index is 14.0. The first kappa shape index (κ1) is 47.3. The molecule has 0 amide bonds. The van der Waals surface area contributed by atoms with Gasteiger partial charge in [0.1, 0.15) is 12.2 Å². The van der Waals surface area contributed by atoms with Gasteiger partial charge in [0, 0.05) is 24.3 Å². The summed E-state index contributed by atoms with van der Waals surface area (Å²) in [5, 5.41) is 4.15. The van der Waals surface area contributed by atoms with Gasteiger partial charge < -0.3 is 18.9 Å². The Morgan fingerprint density at radius 2 is 0.794 bits per heavy atom. The standard InChI is InChI=1S/C61H58O7/c1-43-53-23-11-9-21-47(53)35-37-55(43)60(63)67-57(25-13-15-39-65-41-45-17-5-3-6-18-45)49-27-31-51(32-28-49)59(62)52-33-29-50(30-34-52)58(26-14-16-40-66-42-46-19-7-4-8-20-46)68-61(64)56-38-36-48-22-10-12-24-54(48)44(56)2/h3-12,17-24,27-38,57-58H,13-16,25-26,39-42H2,1-2H3. The highest BCUT2D eigenvalue weighted by atomic mass is 16.5. The van der Waals surface area contributed by atoms with Crippen molar-refractivity contribution in [2.75, 3.05) is 13.2 Å². The molecule has 0 aliphatic carbocycles. The molecule has 344 valence electrons. The molecule has 8 rings (SSSR count). The number of benzene rings is 8. The minimum Gasteiger partial charge on any atom is -0.454 e. The Hall–Kier alpha value is -7.19. The van der Waals surface area contributed by atoms with Crippen LogP contribution in [0.3, 0.4) is 0 Å². The minimum atomic E-state index is -0.528. The highest BCUT2D eigenvalue weighted by Gasteiger charge is 2.23. The average molecular weight is 903 g/mol. The van der Waals surface area contributed by atoms with Crippen LogP contribution in [-0.2, 0) is 32.2 Å². The third-order valence-corrected chi connectivity index (χ3v) is 12.7. The maximum Gasteiger partial charge on any atom is 0.339 e. The van der Waals surface area contributed by atoms with Crippen molar-refractivity contribution in [1.82, 2.24) is 0 Å². The van der Waals surface area contributed by atoms with Crippen molar-refractivity contribution < 1.29 is 33.3 Å². The van der Waals surface area contributed by atoms with Gasteiger partial charge in [0.2, 0.25) is 0 Å². The molecule has 7 nitrogen and oxygen atoms in total. The highest BCUT2D eigenvalue weighted by Crippen LogP contribution is 2.31. The topological polar surface area (TPSA) is 88.1 Å². The van der Waals surface area contributed by atoms with Crippen LogP contribution in [0.5, 0.6) is 0 Å². The van der Waals surface area contributed by atoms with E-state index in [1.165, 1.54) is 0 Å². The summed E-state index contributed by atoms with van der Waals surface area (Å²) in [4.78, 5) is 41.6. The number of fused-ring (bicyclic) bond motifs is 2. The number of carbonyl (C=O) groups excluding carboxylic acids is 3. The molecule has 2 unspecified atom stereocenters. The average Bonchev–Trinajstić information content (AvgIpc) is 3.38. The molecule has 0 fully saturated rings. The summed E-state index contributed by atoms with van der Waals surface area (Å²) < 4.78 is 24.5. The van der Waals surface area contributed by atoms with Gasteiger partial charge in [0.05, 0.1) is 24.3 Å². The van der Waals surface area contributed by atoms with E-state index in [-0.39, 0.29) is 17.7 Å². The van der Waals surface area contributed by atoms with Crippen molar-refractivity contribution in [3.05, 3.63) is 238 Å². The van der Waals surface area contributed by atoms with E-state index in [9.17, 15) is 14.4 Å². The van der Waals surface area contributed by atoms with Crippen LogP contribution in [0.15, 0.2) is 182 Å². The molecule has 0 aliphatic rings. The second-order valence-electron chi connectivity index (χ2n) is 17.3. The number of hydrogen-bond acceptors (Lipinski definition) is 7. The Bertz CT molecular complexity index is 2730. The number of esters is 2. The molecule has 0 aliphatic heterocycles. The lowest BCUT2D eigenvalue weighted by atomic mass is 9.96. The van der Waals surface area contributed by atoms with Crippen LogP contribution < -0.4 is 0 Å².